The third kappa shape index (κ3) is 4.16. The number of para-hydroxylation sites is 1. The Kier molecular flexibility index (Phi) is 5.98. The molecule has 1 atom stereocenters. The van der Waals surface area contributed by atoms with Crippen LogP contribution in [0.2, 0.25) is 5.02 Å². The van der Waals surface area contributed by atoms with E-state index in [2.05, 4.69) is 23.2 Å². The number of benzene rings is 2. The van der Waals surface area contributed by atoms with Gasteiger partial charge in [0.25, 0.3) is 0 Å². The zero-order valence-electron chi connectivity index (χ0n) is 16.1. The third-order valence-corrected chi connectivity index (χ3v) is 7.25. The number of amides is 1. The van der Waals surface area contributed by atoms with E-state index in [0.29, 0.717) is 5.69 Å². The van der Waals surface area contributed by atoms with Gasteiger partial charge in [0.2, 0.25) is 15.9 Å². The molecule has 2 aromatic carbocycles. The van der Waals surface area contributed by atoms with Gasteiger partial charge in [-0.1, -0.05) is 29.8 Å². The van der Waals surface area contributed by atoms with Gasteiger partial charge in [0.1, 0.15) is 4.90 Å². The molecule has 0 radical (unpaired) electrons. The van der Waals surface area contributed by atoms with E-state index in [1.807, 2.05) is 18.2 Å². The van der Waals surface area contributed by atoms with Crippen LogP contribution in [0.3, 0.4) is 0 Å². The van der Waals surface area contributed by atoms with Crippen LogP contribution in [0.25, 0.3) is 0 Å². The Bertz CT molecular complexity index is 992. The molecule has 3 rings (SSSR count). The average Bonchev–Trinajstić information content (AvgIpc) is 2.65. The number of nitrogens with zero attached hydrogens (tertiary/aromatic N) is 2. The topological polar surface area (TPSA) is 69.7 Å². The van der Waals surface area contributed by atoms with E-state index in [-0.39, 0.29) is 28.4 Å². The molecule has 1 heterocycles. The molecule has 0 spiro atoms. The van der Waals surface area contributed by atoms with Gasteiger partial charge >= 0.3 is 0 Å². The van der Waals surface area contributed by atoms with Gasteiger partial charge in [-0.15, -0.1) is 0 Å². The molecule has 0 saturated carbocycles. The Morgan fingerprint density at radius 1 is 1.25 bits per heavy atom. The van der Waals surface area contributed by atoms with Crippen LogP contribution in [0.15, 0.2) is 47.4 Å². The van der Waals surface area contributed by atoms with Crippen LogP contribution in [-0.4, -0.2) is 45.3 Å². The monoisotopic (exact) mass is 421 g/mol. The molecule has 8 heteroatoms. The summed E-state index contributed by atoms with van der Waals surface area (Å²) in [4.78, 5) is 14.7. The molecule has 6 nitrogen and oxygen atoms in total. The highest BCUT2D eigenvalue weighted by atomic mass is 35.5. The molecule has 0 fully saturated rings. The van der Waals surface area contributed by atoms with Crippen molar-refractivity contribution in [3.63, 3.8) is 0 Å². The van der Waals surface area contributed by atoms with Crippen molar-refractivity contribution in [3.05, 3.63) is 53.1 Å². The predicted octanol–water partition coefficient (Wildman–Crippen LogP) is 3.37. The number of aryl methyl sites for hydroxylation is 1. The van der Waals surface area contributed by atoms with Gasteiger partial charge in [0, 0.05) is 31.5 Å². The summed E-state index contributed by atoms with van der Waals surface area (Å²) < 4.78 is 25.9. The fourth-order valence-corrected chi connectivity index (χ4v) is 4.73. The summed E-state index contributed by atoms with van der Waals surface area (Å²) >= 11 is 6.07. The first-order valence-corrected chi connectivity index (χ1v) is 10.9. The second kappa shape index (κ2) is 8.11. The zero-order chi connectivity index (χ0) is 20.5. The minimum absolute atomic E-state index is 0.0337. The number of rotatable bonds is 5. The van der Waals surface area contributed by atoms with E-state index < -0.39 is 10.0 Å². The van der Waals surface area contributed by atoms with E-state index in [1.54, 1.807) is 6.07 Å². The molecular formula is C20H24ClN3O3S. The summed E-state index contributed by atoms with van der Waals surface area (Å²) in [7, 11) is -0.829. The smallest absolute Gasteiger partial charge is 0.244 e. The number of nitrogens with one attached hydrogen (secondary N) is 1. The van der Waals surface area contributed by atoms with Crippen molar-refractivity contribution in [3.8, 4) is 0 Å². The number of carbonyl (C=O) groups is 1. The van der Waals surface area contributed by atoms with E-state index >= 15 is 0 Å². The first-order valence-electron chi connectivity index (χ1n) is 9.06. The predicted molar refractivity (Wildman–Crippen MR) is 113 cm³/mol. The number of halogens is 1. The highest BCUT2D eigenvalue weighted by molar-refractivity contribution is 7.89. The number of carbonyl (C=O) groups excluding carboxylic acids is 1. The Morgan fingerprint density at radius 3 is 2.68 bits per heavy atom. The molecule has 0 bridgehead atoms. The van der Waals surface area contributed by atoms with Crippen LogP contribution in [0, 0.1) is 0 Å². The second-order valence-corrected chi connectivity index (χ2v) is 9.65. The lowest BCUT2D eigenvalue weighted by atomic mass is 9.96. The molecule has 0 saturated heterocycles. The average molecular weight is 422 g/mol. The van der Waals surface area contributed by atoms with Gasteiger partial charge < -0.3 is 10.2 Å². The van der Waals surface area contributed by atoms with Gasteiger partial charge in [-0.2, -0.15) is 0 Å². The Hall–Kier alpha value is -2.09. The Morgan fingerprint density at radius 2 is 1.96 bits per heavy atom. The molecule has 0 aromatic heterocycles. The lowest BCUT2D eigenvalue weighted by molar-refractivity contribution is -0.115. The van der Waals surface area contributed by atoms with Gasteiger partial charge in [0.05, 0.1) is 11.6 Å². The quantitative estimate of drug-likeness (QED) is 0.803. The van der Waals surface area contributed by atoms with Gasteiger partial charge in [-0.3, -0.25) is 4.79 Å². The van der Waals surface area contributed by atoms with Crippen LogP contribution in [0.4, 0.5) is 11.4 Å². The maximum atomic E-state index is 12.7. The highest BCUT2D eigenvalue weighted by Gasteiger charge is 2.25. The van der Waals surface area contributed by atoms with Crippen molar-refractivity contribution in [2.75, 3.05) is 30.9 Å². The van der Waals surface area contributed by atoms with E-state index in [4.69, 9.17) is 11.6 Å². The van der Waals surface area contributed by atoms with Gasteiger partial charge in [-0.25, -0.2) is 12.7 Å². The van der Waals surface area contributed by atoms with Crippen LogP contribution in [-0.2, 0) is 21.2 Å². The van der Waals surface area contributed by atoms with Gasteiger partial charge in [-0.05, 0) is 49.6 Å². The van der Waals surface area contributed by atoms with Crippen LogP contribution < -0.4 is 10.2 Å². The van der Waals surface area contributed by atoms with Crippen molar-refractivity contribution >= 4 is 38.9 Å². The SMILES string of the molecule is C[C@H]1CCc2ccccc2N1CC(=O)Nc1ccc(Cl)c(S(=O)(=O)N(C)C)c1. The number of hydrogen-bond donors (Lipinski definition) is 1. The second-order valence-electron chi connectivity index (χ2n) is 7.13. The molecule has 1 aliphatic rings. The first kappa shape index (κ1) is 20.6. The highest BCUT2D eigenvalue weighted by Crippen LogP contribution is 2.30. The molecule has 150 valence electrons. The molecule has 1 amide bonds. The first-order chi connectivity index (χ1) is 13.2. The van der Waals surface area contributed by atoms with E-state index in [9.17, 15) is 13.2 Å². The maximum absolute atomic E-state index is 12.7. The van der Waals surface area contributed by atoms with E-state index in [0.717, 1.165) is 22.8 Å². The van der Waals surface area contributed by atoms with Crippen LogP contribution in [0.5, 0.6) is 0 Å². The van der Waals surface area contributed by atoms with Crippen LogP contribution in [0.1, 0.15) is 18.9 Å². The lowest BCUT2D eigenvalue weighted by Crippen LogP contribution is -2.42. The Balaban J connectivity index is 1.79. The van der Waals surface area contributed by atoms with E-state index in [1.165, 1.54) is 31.8 Å². The Labute approximate surface area is 171 Å². The number of hydrogen-bond acceptors (Lipinski definition) is 4. The van der Waals surface area contributed by atoms with Crippen molar-refractivity contribution < 1.29 is 13.2 Å². The molecule has 2 aromatic rings. The number of fused-ring (bicyclic) bond motifs is 1. The maximum Gasteiger partial charge on any atom is 0.244 e. The van der Waals surface area contributed by atoms with Gasteiger partial charge in [0.15, 0.2) is 0 Å². The summed E-state index contributed by atoms with van der Waals surface area (Å²) in [5, 5.41) is 2.91. The standard InChI is InChI=1S/C20H24ClN3O3S/c1-14-8-9-15-6-4-5-7-18(15)24(14)13-20(25)22-16-10-11-17(21)19(12-16)28(26,27)23(2)3/h4-7,10-12,14H,8-9,13H2,1-3H3,(H,22,25)/t14-/m0/s1. The number of anilines is 2. The van der Waals surface area contributed by atoms with Crippen molar-refractivity contribution in [1.29, 1.82) is 0 Å². The fourth-order valence-electron chi connectivity index (χ4n) is 3.33. The number of sulfonamides is 1. The molecule has 0 aliphatic carbocycles. The molecule has 1 N–H and O–H groups in total. The minimum Gasteiger partial charge on any atom is -0.359 e. The fraction of sp³-hybridized carbons (Fsp3) is 0.350. The van der Waals surface area contributed by atoms with Crippen LogP contribution >= 0.6 is 11.6 Å². The van der Waals surface area contributed by atoms with Crippen molar-refractivity contribution in [2.45, 2.75) is 30.7 Å². The molecular weight excluding hydrogens is 398 g/mol. The minimum atomic E-state index is -3.70. The largest absolute Gasteiger partial charge is 0.359 e. The normalized spacial score (nSPS) is 16.8. The summed E-state index contributed by atoms with van der Waals surface area (Å²) in [5.41, 5.74) is 2.70. The molecule has 0 unspecified atom stereocenters. The summed E-state index contributed by atoms with van der Waals surface area (Å²) in [6.07, 6.45) is 1.98. The molecule has 28 heavy (non-hydrogen) atoms. The zero-order valence-corrected chi connectivity index (χ0v) is 17.7. The van der Waals surface area contributed by atoms with Crippen molar-refractivity contribution in [2.24, 2.45) is 0 Å². The summed E-state index contributed by atoms with van der Waals surface area (Å²) in [6.45, 7) is 2.30. The molecule has 1 aliphatic heterocycles. The third-order valence-electron chi connectivity index (χ3n) is 4.95. The van der Waals surface area contributed by atoms with Crippen molar-refractivity contribution in [1.82, 2.24) is 4.31 Å². The lowest BCUT2D eigenvalue weighted by Gasteiger charge is -2.36. The summed E-state index contributed by atoms with van der Waals surface area (Å²) in [5.74, 6) is -0.209. The summed E-state index contributed by atoms with van der Waals surface area (Å²) in [6, 6.07) is 12.8.